The number of nitrogens with zero attached hydrogens (tertiary/aromatic N) is 2. The van der Waals surface area contributed by atoms with Gasteiger partial charge in [0.15, 0.2) is 0 Å². The Hall–Kier alpha value is -1.12. The van der Waals surface area contributed by atoms with E-state index in [0.717, 1.165) is 36.2 Å². The van der Waals surface area contributed by atoms with Crippen LogP contribution in [-0.2, 0) is 10.9 Å². The SMILES string of the molecule is C[Si](C)(C)c1c(-c2cc(C(F)(F)F)ccc2Br)cnn1C1CCCCO1. The summed E-state index contributed by atoms with van der Waals surface area (Å²) in [4.78, 5) is 0. The van der Waals surface area contributed by atoms with Crippen LogP contribution in [0.15, 0.2) is 28.9 Å². The first kappa shape index (κ1) is 19.6. The third kappa shape index (κ3) is 3.92. The van der Waals surface area contributed by atoms with Crippen LogP contribution >= 0.6 is 15.9 Å². The number of aromatic nitrogens is 2. The lowest BCUT2D eigenvalue weighted by molar-refractivity contribution is -0.137. The molecule has 0 aliphatic carbocycles. The van der Waals surface area contributed by atoms with E-state index in [1.54, 1.807) is 6.20 Å². The van der Waals surface area contributed by atoms with Gasteiger partial charge in [0.2, 0.25) is 0 Å². The van der Waals surface area contributed by atoms with Gasteiger partial charge in [0, 0.05) is 22.0 Å². The van der Waals surface area contributed by atoms with Gasteiger partial charge in [0.05, 0.1) is 11.8 Å². The molecule has 1 aliphatic rings. The smallest absolute Gasteiger partial charge is 0.357 e. The van der Waals surface area contributed by atoms with Crippen LogP contribution in [0.5, 0.6) is 0 Å². The summed E-state index contributed by atoms with van der Waals surface area (Å²) in [6, 6.07) is 3.76. The summed E-state index contributed by atoms with van der Waals surface area (Å²) in [6.45, 7) is 7.22. The molecule has 1 saturated heterocycles. The van der Waals surface area contributed by atoms with Crippen LogP contribution in [0.2, 0.25) is 19.6 Å². The van der Waals surface area contributed by atoms with Crippen molar-refractivity contribution in [1.29, 1.82) is 0 Å². The van der Waals surface area contributed by atoms with Gasteiger partial charge in [0.1, 0.15) is 14.3 Å². The van der Waals surface area contributed by atoms with Crippen LogP contribution in [0.25, 0.3) is 11.1 Å². The summed E-state index contributed by atoms with van der Waals surface area (Å²) in [7, 11) is -1.90. The molecule has 3 nitrogen and oxygen atoms in total. The average molecular weight is 447 g/mol. The number of alkyl halides is 3. The second-order valence-corrected chi connectivity index (χ2v) is 13.4. The zero-order valence-corrected chi connectivity index (χ0v) is 17.6. The fourth-order valence-electron chi connectivity index (χ4n) is 3.35. The molecule has 0 spiro atoms. The molecule has 0 radical (unpaired) electrons. The Kier molecular flexibility index (Phi) is 5.38. The lowest BCUT2D eigenvalue weighted by Crippen LogP contribution is -2.46. The maximum Gasteiger partial charge on any atom is 0.416 e. The van der Waals surface area contributed by atoms with E-state index in [-0.39, 0.29) is 6.23 Å². The van der Waals surface area contributed by atoms with Crippen molar-refractivity contribution in [2.45, 2.75) is 51.3 Å². The molecule has 2 heterocycles. The van der Waals surface area contributed by atoms with Crippen molar-refractivity contribution in [2.24, 2.45) is 0 Å². The average Bonchev–Trinajstić information content (AvgIpc) is 3.00. The molecule has 1 atom stereocenters. The topological polar surface area (TPSA) is 27.1 Å². The van der Waals surface area contributed by atoms with Crippen molar-refractivity contribution in [1.82, 2.24) is 9.78 Å². The van der Waals surface area contributed by atoms with Crippen molar-refractivity contribution in [3.05, 3.63) is 34.4 Å². The number of rotatable bonds is 3. The highest BCUT2D eigenvalue weighted by atomic mass is 79.9. The zero-order chi connectivity index (χ0) is 19.1. The third-order valence-corrected chi connectivity index (χ3v) is 7.13. The van der Waals surface area contributed by atoms with Gasteiger partial charge in [-0.05, 0) is 43.0 Å². The van der Waals surface area contributed by atoms with Gasteiger partial charge in [-0.2, -0.15) is 18.3 Å². The van der Waals surface area contributed by atoms with Crippen molar-refractivity contribution in [3.8, 4) is 11.1 Å². The van der Waals surface area contributed by atoms with Gasteiger partial charge in [-0.1, -0.05) is 35.6 Å². The number of hydrogen-bond donors (Lipinski definition) is 0. The minimum absolute atomic E-state index is 0.135. The number of ether oxygens (including phenoxy) is 1. The monoisotopic (exact) mass is 446 g/mol. The van der Waals surface area contributed by atoms with E-state index in [1.165, 1.54) is 12.1 Å². The van der Waals surface area contributed by atoms with Gasteiger partial charge in [0.25, 0.3) is 0 Å². The molecule has 1 fully saturated rings. The van der Waals surface area contributed by atoms with E-state index in [2.05, 4.69) is 40.7 Å². The van der Waals surface area contributed by atoms with E-state index in [1.807, 2.05) is 4.68 Å². The van der Waals surface area contributed by atoms with Crippen LogP contribution in [-0.4, -0.2) is 24.5 Å². The Bertz CT molecular complexity index is 793. The number of benzene rings is 1. The van der Waals surface area contributed by atoms with Crippen LogP contribution < -0.4 is 5.32 Å². The Balaban J connectivity index is 2.15. The quantitative estimate of drug-likeness (QED) is 0.575. The molecule has 3 rings (SSSR count). The molecule has 2 aromatic rings. The zero-order valence-electron chi connectivity index (χ0n) is 15.0. The van der Waals surface area contributed by atoms with E-state index in [9.17, 15) is 13.2 Å². The molecule has 1 aromatic heterocycles. The van der Waals surface area contributed by atoms with Crippen molar-refractivity contribution < 1.29 is 17.9 Å². The van der Waals surface area contributed by atoms with Crippen molar-refractivity contribution in [2.75, 3.05) is 6.61 Å². The summed E-state index contributed by atoms with van der Waals surface area (Å²) in [5.41, 5.74) is 0.634. The first-order chi connectivity index (χ1) is 12.1. The first-order valence-corrected chi connectivity index (χ1v) is 12.9. The van der Waals surface area contributed by atoms with Gasteiger partial charge >= 0.3 is 6.18 Å². The fraction of sp³-hybridized carbons (Fsp3) is 0.500. The summed E-state index contributed by atoms with van der Waals surface area (Å²) >= 11 is 3.42. The fourth-order valence-corrected chi connectivity index (χ4v) is 5.71. The highest BCUT2D eigenvalue weighted by Crippen LogP contribution is 2.36. The molecule has 0 bridgehead atoms. The van der Waals surface area contributed by atoms with Gasteiger partial charge in [-0.15, -0.1) is 0 Å². The Morgan fingerprint density at radius 2 is 1.92 bits per heavy atom. The highest BCUT2D eigenvalue weighted by molar-refractivity contribution is 9.10. The largest absolute Gasteiger partial charge is 0.416 e. The summed E-state index contributed by atoms with van der Waals surface area (Å²) < 4.78 is 48.0. The van der Waals surface area contributed by atoms with Gasteiger partial charge in [-0.25, -0.2) is 4.68 Å². The third-order valence-electron chi connectivity index (χ3n) is 4.52. The molecule has 0 amide bonds. The lowest BCUT2D eigenvalue weighted by atomic mass is 10.1. The molecule has 1 aromatic carbocycles. The Morgan fingerprint density at radius 1 is 1.19 bits per heavy atom. The van der Waals surface area contributed by atoms with Crippen molar-refractivity contribution >= 4 is 29.3 Å². The minimum atomic E-state index is -4.38. The van der Waals surface area contributed by atoms with Gasteiger partial charge < -0.3 is 4.74 Å². The Morgan fingerprint density at radius 3 is 2.50 bits per heavy atom. The summed E-state index contributed by atoms with van der Waals surface area (Å²) in [6.07, 6.45) is 0.152. The maximum absolute atomic E-state index is 13.2. The first-order valence-electron chi connectivity index (χ1n) is 8.66. The minimum Gasteiger partial charge on any atom is -0.357 e. The molecule has 8 heteroatoms. The predicted octanol–water partition coefficient (Wildman–Crippen LogP) is 5.58. The predicted molar refractivity (Wildman–Crippen MR) is 102 cm³/mol. The summed E-state index contributed by atoms with van der Waals surface area (Å²) in [5, 5.41) is 5.56. The normalized spacial score (nSPS) is 19.0. The molecule has 1 unspecified atom stereocenters. The molecular weight excluding hydrogens is 425 g/mol. The van der Waals surface area contributed by atoms with E-state index in [0.29, 0.717) is 16.6 Å². The van der Waals surface area contributed by atoms with Crippen LogP contribution in [0.1, 0.15) is 31.1 Å². The highest BCUT2D eigenvalue weighted by Gasteiger charge is 2.34. The molecular formula is C18H22BrF3N2OSi. The molecule has 142 valence electrons. The molecule has 0 N–H and O–H groups in total. The second-order valence-electron chi connectivity index (χ2n) is 7.62. The number of halogens is 4. The molecule has 0 saturated carbocycles. The molecule has 1 aliphatic heterocycles. The maximum atomic E-state index is 13.2. The summed E-state index contributed by atoms with van der Waals surface area (Å²) in [5.74, 6) is 0. The standard InChI is InChI=1S/C18H22BrF3N2OSi/c1-26(2,3)17-14(11-23-24(17)16-6-4-5-9-25-16)13-10-12(18(20,21)22)7-8-15(13)19/h7-8,10-11,16H,4-6,9H2,1-3H3. The van der Waals surface area contributed by atoms with Crippen LogP contribution in [0.4, 0.5) is 13.2 Å². The number of hydrogen-bond acceptors (Lipinski definition) is 2. The van der Waals surface area contributed by atoms with Gasteiger partial charge in [-0.3, -0.25) is 0 Å². The lowest BCUT2D eigenvalue weighted by Gasteiger charge is -2.29. The second kappa shape index (κ2) is 7.13. The van der Waals surface area contributed by atoms with E-state index in [4.69, 9.17) is 4.74 Å². The van der Waals surface area contributed by atoms with Crippen LogP contribution in [0, 0.1) is 0 Å². The van der Waals surface area contributed by atoms with E-state index >= 15 is 0 Å². The van der Waals surface area contributed by atoms with Crippen LogP contribution in [0.3, 0.4) is 0 Å². The Labute approximate surface area is 160 Å². The van der Waals surface area contributed by atoms with Crippen molar-refractivity contribution in [3.63, 3.8) is 0 Å². The van der Waals surface area contributed by atoms with E-state index < -0.39 is 19.8 Å². The molecule has 26 heavy (non-hydrogen) atoms.